The van der Waals surface area contributed by atoms with E-state index < -0.39 is 0 Å². The number of halogens is 1. The van der Waals surface area contributed by atoms with Gasteiger partial charge in [-0.15, -0.1) is 0 Å². The van der Waals surface area contributed by atoms with Gasteiger partial charge < -0.3 is 20.0 Å². The molecule has 6 nitrogen and oxygen atoms in total. The van der Waals surface area contributed by atoms with Crippen molar-refractivity contribution in [1.82, 2.24) is 14.7 Å². The normalized spacial score (nSPS) is 17.4. The van der Waals surface area contributed by atoms with Crippen LogP contribution in [0.5, 0.6) is 0 Å². The number of nitrogens with one attached hydrogen (secondary N) is 1. The molecule has 0 bridgehead atoms. The van der Waals surface area contributed by atoms with Gasteiger partial charge in [0.25, 0.3) is 0 Å². The minimum Gasteiger partial charge on any atom is -0.324 e. The zero-order valence-corrected chi connectivity index (χ0v) is 19.7. The van der Waals surface area contributed by atoms with Crippen LogP contribution in [0.4, 0.5) is 15.3 Å². The zero-order chi connectivity index (χ0) is 22.0. The summed E-state index contributed by atoms with van der Waals surface area (Å²) >= 11 is 3.48. The highest BCUT2D eigenvalue weighted by Crippen LogP contribution is 2.24. The number of hydrogen-bond acceptors (Lipinski definition) is 2. The van der Waals surface area contributed by atoms with Crippen molar-refractivity contribution < 1.29 is 9.59 Å². The molecule has 164 valence electrons. The lowest BCUT2D eigenvalue weighted by atomic mass is 10.0. The number of carbonyl (C=O) groups is 2. The van der Waals surface area contributed by atoms with Crippen LogP contribution in [-0.2, 0) is 6.54 Å². The molecule has 0 aromatic heterocycles. The second-order valence-corrected chi connectivity index (χ2v) is 9.35. The van der Waals surface area contributed by atoms with Gasteiger partial charge in [-0.1, -0.05) is 45.8 Å². The Morgan fingerprint density at radius 1 is 1.06 bits per heavy atom. The molecule has 4 rings (SSSR count). The van der Waals surface area contributed by atoms with Gasteiger partial charge in [0.1, 0.15) is 0 Å². The van der Waals surface area contributed by atoms with Crippen molar-refractivity contribution in [1.29, 1.82) is 0 Å². The predicted molar refractivity (Wildman–Crippen MR) is 126 cm³/mol. The molecule has 0 atom stereocenters. The third kappa shape index (κ3) is 5.03. The Balaban J connectivity index is 1.29. The maximum Gasteiger partial charge on any atom is 0.321 e. The first-order valence-electron chi connectivity index (χ1n) is 10.8. The van der Waals surface area contributed by atoms with E-state index in [2.05, 4.69) is 46.4 Å². The quantitative estimate of drug-likeness (QED) is 0.663. The highest BCUT2D eigenvalue weighted by atomic mass is 79.9. The van der Waals surface area contributed by atoms with Crippen molar-refractivity contribution in [3.05, 3.63) is 63.6 Å². The van der Waals surface area contributed by atoms with E-state index in [0.29, 0.717) is 19.6 Å². The number of urea groups is 2. The first-order valence-corrected chi connectivity index (χ1v) is 11.6. The zero-order valence-electron chi connectivity index (χ0n) is 18.1. The molecule has 0 spiro atoms. The van der Waals surface area contributed by atoms with Crippen LogP contribution in [0.25, 0.3) is 0 Å². The van der Waals surface area contributed by atoms with Crippen LogP contribution in [-0.4, -0.2) is 59.0 Å². The van der Waals surface area contributed by atoms with E-state index in [9.17, 15) is 9.59 Å². The smallest absolute Gasteiger partial charge is 0.321 e. The molecule has 31 heavy (non-hydrogen) atoms. The third-order valence-electron chi connectivity index (χ3n) is 6.18. The van der Waals surface area contributed by atoms with Gasteiger partial charge in [0.2, 0.25) is 0 Å². The van der Waals surface area contributed by atoms with E-state index in [-0.39, 0.29) is 18.1 Å². The maximum atomic E-state index is 13.0. The Morgan fingerprint density at radius 2 is 1.84 bits per heavy atom. The van der Waals surface area contributed by atoms with Gasteiger partial charge >= 0.3 is 12.1 Å². The molecule has 2 aromatic rings. The summed E-state index contributed by atoms with van der Waals surface area (Å²) in [5.41, 5.74) is 4.27. The van der Waals surface area contributed by atoms with Gasteiger partial charge in [-0.2, -0.15) is 0 Å². The highest BCUT2D eigenvalue weighted by Gasteiger charge is 2.36. The van der Waals surface area contributed by atoms with Crippen LogP contribution in [0, 0.1) is 13.8 Å². The van der Waals surface area contributed by atoms with Crippen LogP contribution in [0.3, 0.4) is 0 Å². The minimum atomic E-state index is -0.0750. The first kappa shape index (κ1) is 21.7. The van der Waals surface area contributed by atoms with E-state index >= 15 is 0 Å². The molecular weight excluding hydrogens is 456 g/mol. The average molecular weight is 485 g/mol. The Hall–Kier alpha value is -2.54. The number of rotatable bonds is 4. The fourth-order valence-corrected chi connectivity index (χ4v) is 4.67. The fourth-order valence-electron chi connectivity index (χ4n) is 4.42. The molecule has 2 fully saturated rings. The van der Waals surface area contributed by atoms with E-state index in [1.165, 1.54) is 11.1 Å². The van der Waals surface area contributed by atoms with Gasteiger partial charge in [0, 0.05) is 48.9 Å². The largest absolute Gasteiger partial charge is 0.324 e. The van der Waals surface area contributed by atoms with Crippen molar-refractivity contribution in [3.63, 3.8) is 0 Å². The average Bonchev–Trinajstić information content (AvgIpc) is 3.11. The number of aryl methyl sites for hydroxylation is 2. The molecule has 2 saturated heterocycles. The van der Waals surface area contributed by atoms with Crippen molar-refractivity contribution in [2.24, 2.45) is 0 Å². The van der Waals surface area contributed by atoms with Crippen LogP contribution < -0.4 is 5.32 Å². The molecule has 2 heterocycles. The lowest BCUT2D eigenvalue weighted by molar-refractivity contribution is 0.139. The standard InChI is InChI=1S/C24H29BrN4O2/c1-17-4-3-5-19(14-17)16-28-12-13-29(24(28)31)21-8-10-27(11-9-21)23(30)26-20-6-7-22(25)18(2)15-20/h3-7,14-15,21H,8-13,16H2,1-2H3,(H,26,30). The minimum absolute atomic E-state index is 0.0750. The molecule has 7 heteroatoms. The van der Waals surface area contributed by atoms with Crippen LogP contribution in [0.1, 0.15) is 29.5 Å². The Morgan fingerprint density at radius 3 is 2.55 bits per heavy atom. The van der Waals surface area contributed by atoms with Crippen molar-refractivity contribution in [2.45, 2.75) is 39.3 Å². The van der Waals surface area contributed by atoms with Gasteiger partial charge in [-0.25, -0.2) is 9.59 Å². The number of carbonyl (C=O) groups excluding carboxylic acids is 2. The molecule has 0 unspecified atom stereocenters. The fraction of sp³-hybridized carbons (Fsp3) is 0.417. The molecular formula is C24H29BrN4O2. The number of piperidine rings is 1. The number of anilines is 1. The van der Waals surface area contributed by atoms with Crippen molar-refractivity contribution >= 4 is 33.7 Å². The summed E-state index contributed by atoms with van der Waals surface area (Å²) in [5.74, 6) is 0. The van der Waals surface area contributed by atoms with Crippen LogP contribution in [0.15, 0.2) is 46.9 Å². The van der Waals surface area contributed by atoms with E-state index in [0.717, 1.165) is 41.7 Å². The molecule has 1 N–H and O–H groups in total. The van der Waals surface area contributed by atoms with Crippen molar-refractivity contribution in [3.8, 4) is 0 Å². The number of amides is 4. The summed E-state index contributed by atoms with van der Waals surface area (Å²) in [4.78, 5) is 31.4. The summed E-state index contributed by atoms with van der Waals surface area (Å²) in [6.07, 6.45) is 1.63. The Labute approximate surface area is 192 Å². The summed E-state index contributed by atoms with van der Waals surface area (Å²) in [6.45, 7) is 7.58. The molecule has 0 saturated carbocycles. The van der Waals surface area contributed by atoms with E-state index in [4.69, 9.17) is 0 Å². The molecule has 0 radical (unpaired) electrons. The van der Waals surface area contributed by atoms with Crippen molar-refractivity contribution in [2.75, 3.05) is 31.5 Å². The first-order chi connectivity index (χ1) is 14.9. The highest BCUT2D eigenvalue weighted by molar-refractivity contribution is 9.10. The third-order valence-corrected chi connectivity index (χ3v) is 7.07. The lowest BCUT2D eigenvalue weighted by Gasteiger charge is -2.36. The summed E-state index contributed by atoms with van der Waals surface area (Å²) in [6, 6.07) is 14.4. The maximum absolute atomic E-state index is 13.0. The second-order valence-electron chi connectivity index (χ2n) is 8.50. The summed E-state index contributed by atoms with van der Waals surface area (Å²) in [7, 11) is 0. The molecule has 2 aliphatic rings. The SMILES string of the molecule is Cc1cccc(CN2CCN(C3CCN(C(=O)Nc4ccc(Br)c(C)c4)CC3)C2=O)c1. The molecule has 0 aliphatic carbocycles. The molecule has 4 amide bonds. The predicted octanol–water partition coefficient (Wildman–Crippen LogP) is 5.00. The number of benzene rings is 2. The molecule has 2 aliphatic heterocycles. The Bertz CT molecular complexity index is 972. The summed E-state index contributed by atoms with van der Waals surface area (Å²) in [5, 5.41) is 2.99. The van der Waals surface area contributed by atoms with Gasteiger partial charge in [-0.05, 0) is 56.0 Å². The van der Waals surface area contributed by atoms with Gasteiger partial charge in [-0.3, -0.25) is 0 Å². The van der Waals surface area contributed by atoms with Crippen LogP contribution >= 0.6 is 15.9 Å². The van der Waals surface area contributed by atoms with Gasteiger partial charge in [0.05, 0.1) is 0 Å². The second kappa shape index (κ2) is 9.30. The number of nitrogens with zero attached hydrogens (tertiary/aromatic N) is 3. The van der Waals surface area contributed by atoms with Crippen LogP contribution in [0.2, 0.25) is 0 Å². The number of likely N-dealkylation sites (tertiary alicyclic amines) is 1. The Kier molecular flexibility index (Phi) is 6.51. The van der Waals surface area contributed by atoms with E-state index in [1.54, 1.807) is 0 Å². The topological polar surface area (TPSA) is 55.9 Å². The lowest BCUT2D eigenvalue weighted by Crippen LogP contribution is -2.49. The number of hydrogen-bond donors (Lipinski definition) is 1. The van der Waals surface area contributed by atoms with E-state index in [1.807, 2.05) is 45.9 Å². The summed E-state index contributed by atoms with van der Waals surface area (Å²) < 4.78 is 1.03. The monoisotopic (exact) mass is 484 g/mol. The van der Waals surface area contributed by atoms with Gasteiger partial charge in [0.15, 0.2) is 0 Å². The molecule has 2 aromatic carbocycles.